The van der Waals surface area contributed by atoms with Crippen LogP contribution in [0.15, 0.2) is 0 Å². The highest BCUT2D eigenvalue weighted by Crippen LogP contribution is 2.71. The highest BCUT2D eigenvalue weighted by atomic mass is 16.7. The second-order valence-corrected chi connectivity index (χ2v) is 13.6. The van der Waals surface area contributed by atoms with Crippen LogP contribution in [0, 0.1) is 52.3 Å². The Labute approximate surface area is 205 Å². The quantitative estimate of drug-likeness (QED) is 0.469. The van der Waals surface area contributed by atoms with Gasteiger partial charge in [-0.05, 0) is 97.7 Å². The van der Waals surface area contributed by atoms with Gasteiger partial charge in [0.25, 0.3) is 0 Å². The van der Waals surface area contributed by atoms with Crippen molar-refractivity contribution in [1.82, 2.24) is 0 Å². The molecule has 5 nitrogen and oxygen atoms in total. The average molecular weight is 473 g/mol. The van der Waals surface area contributed by atoms with Gasteiger partial charge >= 0.3 is 5.97 Å². The Balaban J connectivity index is 1.22. The van der Waals surface area contributed by atoms with E-state index in [0.717, 1.165) is 31.1 Å². The summed E-state index contributed by atoms with van der Waals surface area (Å²) in [7, 11) is 0. The standard InChI is InChI=1S/C29H44O5/c1-16-12-25(31)29(32-15-16)17(2)26-24(34-29)14-23-21-7-6-19-13-20(33-18(3)30)8-10-27(19,4)22(21)9-11-28(23,26)5/h16-17,19-24,26H,6-15H2,1-5H3/t16-,17+,19+,20?,21?,22?,23?,24+,26+,27+,28+,29+/m1/s1. The van der Waals surface area contributed by atoms with Crippen LogP contribution in [0.1, 0.15) is 92.4 Å². The summed E-state index contributed by atoms with van der Waals surface area (Å²) in [6, 6.07) is 0. The van der Waals surface area contributed by atoms with Gasteiger partial charge in [-0.3, -0.25) is 9.59 Å². The van der Waals surface area contributed by atoms with Gasteiger partial charge in [0.2, 0.25) is 5.79 Å². The van der Waals surface area contributed by atoms with Crippen LogP contribution in [-0.2, 0) is 23.8 Å². The fourth-order valence-electron chi connectivity index (χ4n) is 10.5. The van der Waals surface area contributed by atoms with E-state index in [9.17, 15) is 9.59 Å². The molecule has 5 heteroatoms. The number of hydrogen-bond acceptors (Lipinski definition) is 5. The van der Waals surface area contributed by atoms with E-state index >= 15 is 0 Å². The third kappa shape index (κ3) is 3.11. The van der Waals surface area contributed by atoms with Crippen LogP contribution in [0.4, 0.5) is 0 Å². The first-order chi connectivity index (χ1) is 16.1. The van der Waals surface area contributed by atoms with E-state index in [1.165, 1.54) is 32.1 Å². The molecule has 6 rings (SSSR count). The first-order valence-electron chi connectivity index (χ1n) is 14.1. The van der Waals surface area contributed by atoms with Crippen molar-refractivity contribution in [1.29, 1.82) is 0 Å². The zero-order chi connectivity index (χ0) is 24.0. The van der Waals surface area contributed by atoms with Crippen molar-refractivity contribution in [3.8, 4) is 0 Å². The number of Topliss-reactive ketones (excluding diaryl/α,β-unsaturated/α-hetero) is 1. The van der Waals surface area contributed by atoms with E-state index in [-0.39, 0.29) is 35.3 Å². The Morgan fingerprint density at radius 2 is 1.76 bits per heavy atom. The fourth-order valence-corrected chi connectivity index (χ4v) is 10.5. The number of carbonyl (C=O) groups is 2. The summed E-state index contributed by atoms with van der Waals surface area (Å²) >= 11 is 0. The second kappa shape index (κ2) is 7.78. The van der Waals surface area contributed by atoms with E-state index in [4.69, 9.17) is 14.2 Å². The Morgan fingerprint density at radius 3 is 2.50 bits per heavy atom. The number of rotatable bonds is 1. The van der Waals surface area contributed by atoms with Crippen LogP contribution in [0.2, 0.25) is 0 Å². The third-order valence-electron chi connectivity index (χ3n) is 12.0. The summed E-state index contributed by atoms with van der Waals surface area (Å²) in [6.45, 7) is 11.6. The molecule has 4 unspecified atom stereocenters. The van der Waals surface area contributed by atoms with Gasteiger partial charge < -0.3 is 14.2 Å². The van der Waals surface area contributed by atoms with E-state index in [1.54, 1.807) is 6.92 Å². The number of carbonyl (C=O) groups excluding carboxylic acids is 2. The minimum atomic E-state index is -0.981. The van der Waals surface area contributed by atoms with Crippen molar-refractivity contribution in [2.75, 3.05) is 6.61 Å². The van der Waals surface area contributed by atoms with Gasteiger partial charge in [0, 0.05) is 19.3 Å². The highest BCUT2D eigenvalue weighted by Gasteiger charge is 2.70. The summed E-state index contributed by atoms with van der Waals surface area (Å²) in [5.41, 5.74) is 0.602. The molecule has 2 saturated heterocycles. The summed E-state index contributed by atoms with van der Waals surface area (Å²) in [4.78, 5) is 24.7. The SMILES string of the molecule is CC(=O)OC1CC[C@]2(C)C3CC[C@@]4(C)C(C[C@@H]5O[C@@]6(OC[C@H](C)CC6=O)[C@@H](C)[C@@H]54)C3CC[C@H]2C1. The topological polar surface area (TPSA) is 61.8 Å². The fraction of sp³-hybridized carbons (Fsp3) is 0.931. The lowest BCUT2D eigenvalue weighted by Crippen LogP contribution is -2.56. The molecule has 1 spiro atoms. The minimum absolute atomic E-state index is 0.119. The molecule has 4 aliphatic carbocycles. The Morgan fingerprint density at radius 1 is 1.00 bits per heavy atom. The van der Waals surface area contributed by atoms with Crippen LogP contribution in [0.25, 0.3) is 0 Å². The lowest BCUT2D eigenvalue weighted by Gasteiger charge is -2.61. The number of ketones is 1. The molecule has 4 saturated carbocycles. The zero-order valence-electron chi connectivity index (χ0n) is 21.8. The van der Waals surface area contributed by atoms with Crippen molar-refractivity contribution >= 4 is 11.8 Å². The number of ether oxygens (including phenoxy) is 3. The molecule has 12 atom stereocenters. The molecule has 6 fully saturated rings. The zero-order valence-corrected chi connectivity index (χ0v) is 21.8. The molecule has 6 aliphatic rings. The van der Waals surface area contributed by atoms with Gasteiger partial charge in [-0.2, -0.15) is 0 Å². The molecular weight excluding hydrogens is 428 g/mol. The molecule has 0 N–H and O–H groups in total. The van der Waals surface area contributed by atoms with Gasteiger partial charge in [-0.15, -0.1) is 0 Å². The summed E-state index contributed by atoms with van der Waals surface area (Å²) in [5, 5.41) is 0. The Hall–Kier alpha value is -0.940. The predicted molar refractivity (Wildman–Crippen MR) is 128 cm³/mol. The summed E-state index contributed by atoms with van der Waals surface area (Å²) in [6.07, 6.45) is 10.3. The molecule has 34 heavy (non-hydrogen) atoms. The van der Waals surface area contributed by atoms with Crippen molar-refractivity contribution in [2.45, 2.75) is 110 Å². The first-order valence-corrected chi connectivity index (χ1v) is 14.1. The van der Waals surface area contributed by atoms with Crippen LogP contribution in [0.3, 0.4) is 0 Å². The van der Waals surface area contributed by atoms with Gasteiger partial charge in [-0.25, -0.2) is 0 Å². The average Bonchev–Trinajstić information content (AvgIpc) is 3.22. The predicted octanol–water partition coefficient (Wildman–Crippen LogP) is 5.54. The van der Waals surface area contributed by atoms with E-state index in [0.29, 0.717) is 42.1 Å². The van der Waals surface area contributed by atoms with E-state index in [1.807, 2.05) is 0 Å². The molecule has 0 amide bonds. The third-order valence-corrected chi connectivity index (χ3v) is 12.0. The van der Waals surface area contributed by atoms with Crippen LogP contribution >= 0.6 is 0 Å². The first kappa shape index (κ1) is 23.5. The van der Waals surface area contributed by atoms with Crippen LogP contribution in [0.5, 0.6) is 0 Å². The summed E-state index contributed by atoms with van der Waals surface area (Å²) < 4.78 is 18.6. The minimum Gasteiger partial charge on any atom is -0.463 e. The molecular formula is C29H44O5. The highest BCUT2D eigenvalue weighted by molar-refractivity contribution is 5.87. The monoisotopic (exact) mass is 472 g/mol. The van der Waals surface area contributed by atoms with E-state index in [2.05, 4.69) is 27.7 Å². The molecule has 0 bridgehead atoms. The molecule has 2 aliphatic heterocycles. The van der Waals surface area contributed by atoms with Crippen molar-refractivity contribution < 1.29 is 23.8 Å². The Bertz CT molecular complexity index is 871. The number of fused-ring (bicyclic) bond motifs is 7. The van der Waals surface area contributed by atoms with Gasteiger partial charge in [-0.1, -0.05) is 27.7 Å². The molecule has 0 aromatic carbocycles. The molecule has 0 radical (unpaired) electrons. The van der Waals surface area contributed by atoms with Crippen LogP contribution < -0.4 is 0 Å². The van der Waals surface area contributed by atoms with Gasteiger partial charge in [0.1, 0.15) is 6.10 Å². The second-order valence-electron chi connectivity index (χ2n) is 13.6. The van der Waals surface area contributed by atoms with E-state index < -0.39 is 5.79 Å². The normalized spacial score (nSPS) is 56.4. The lowest BCUT2D eigenvalue weighted by molar-refractivity contribution is -0.252. The summed E-state index contributed by atoms with van der Waals surface area (Å²) in [5.74, 6) is 2.79. The molecule has 0 aromatic heterocycles. The lowest BCUT2D eigenvalue weighted by atomic mass is 9.44. The maximum Gasteiger partial charge on any atom is 0.302 e. The van der Waals surface area contributed by atoms with Crippen molar-refractivity contribution in [2.24, 2.45) is 52.3 Å². The van der Waals surface area contributed by atoms with Gasteiger partial charge in [0.15, 0.2) is 5.78 Å². The van der Waals surface area contributed by atoms with Crippen molar-refractivity contribution in [3.63, 3.8) is 0 Å². The largest absolute Gasteiger partial charge is 0.463 e. The molecule has 190 valence electrons. The maximum atomic E-state index is 13.2. The van der Waals surface area contributed by atoms with Crippen LogP contribution in [-0.4, -0.2) is 36.4 Å². The van der Waals surface area contributed by atoms with Crippen molar-refractivity contribution in [3.05, 3.63) is 0 Å². The maximum absolute atomic E-state index is 13.2. The Kier molecular flexibility index (Phi) is 5.37. The molecule has 2 heterocycles. The molecule has 0 aromatic rings. The smallest absolute Gasteiger partial charge is 0.302 e. The number of hydrogen-bond donors (Lipinski definition) is 0. The number of esters is 1. The van der Waals surface area contributed by atoms with Gasteiger partial charge in [0.05, 0.1) is 12.7 Å².